The molecule has 3 aromatic heterocycles. The van der Waals surface area contributed by atoms with E-state index in [9.17, 15) is 4.79 Å². The molecule has 4 aromatic rings. The van der Waals surface area contributed by atoms with Crippen LogP contribution < -0.4 is 10.1 Å². The van der Waals surface area contributed by atoms with Crippen LogP contribution in [0.1, 0.15) is 20.8 Å². The highest BCUT2D eigenvalue weighted by atomic mass is 35.5. The average molecular weight is 615 g/mol. The fraction of sp³-hybridized carbons (Fsp3) is 0.393. The number of hydrogen-bond acceptors (Lipinski definition) is 8. The van der Waals surface area contributed by atoms with Crippen LogP contribution in [0, 0.1) is 0 Å². The Kier molecular flexibility index (Phi) is 8.35. The van der Waals surface area contributed by atoms with E-state index >= 15 is 0 Å². The molecule has 1 aromatic carbocycles. The van der Waals surface area contributed by atoms with Gasteiger partial charge in [0.15, 0.2) is 20.1 Å². The second kappa shape index (κ2) is 11.7. The van der Waals surface area contributed by atoms with Gasteiger partial charge < -0.3 is 14.5 Å². The van der Waals surface area contributed by atoms with Gasteiger partial charge in [0.05, 0.1) is 22.3 Å². The monoisotopic (exact) mass is 613 g/mol. The highest BCUT2D eigenvalue weighted by Crippen LogP contribution is 2.38. The fourth-order valence-corrected chi connectivity index (χ4v) is 6.19. The molecule has 1 fully saturated rings. The van der Waals surface area contributed by atoms with Gasteiger partial charge in [0.1, 0.15) is 23.2 Å². The third-order valence-corrected chi connectivity index (χ3v) is 12.7. The summed E-state index contributed by atoms with van der Waals surface area (Å²) in [6.07, 6.45) is 3.79. The van der Waals surface area contributed by atoms with Gasteiger partial charge >= 0.3 is 0 Å². The fourth-order valence-electron chi connectivity index (χ4n) is 4.30. The van der Waals surface area contributed by atoms with Crippen molar-refractivity contribution in [2.24, 2.45) is 0 Å². The average Bonchev–Trinajstić information content (AvgIpc) is 3.31. The molecule has 1 amide bonds. The molecule has 1 aliphatic heterocycles. The number of hydrogen-bond donors (Lipinski definition) is 1. The third kappa shape index (κ3) is 6.39. The summed E-state index contributed by atoms with van der Waals surface area (Å²) in [5.74, 6) is 0.314. The summed E-state index contributed by atoms with van der Waals surface area (Å²) in [7, 11) is -1.90. The van der Waals surface area contributed by atoms with Crippen molar-refractivity contribution in [2.45, 2.75) is 51.1 Å². The number of likely N-dealkylation sites (tertiary alicyclic amines) is 1. The van der Waals surface area contributed by atoms with Gasteiger partial charge in [-0.15, -0.1) is 0 Å². The van der Waals surface area contributed by atoms with E-state index < -0.39 is 14.4 Å². The van der Waals surface area contributed by atoms with Crippen molar-refractivity contribution in [2.75, 3.05) is 25.0 Å². The Bertz CT molecular complexity index is 1520. The lowest BCUT2D eigenvalue weighted by Gasteiger charge is -2.46. The Labute approximate surface area is 250 Å². The summed E-state index contributed by atoms with van der Waals surface area (Å²) in [6, 6.07) is 10.5. The van der Waals surface area contributed by atoms with Crippen molar-refractivity contribution >= 4 is 54.3 Å². The molecule has 216 valence electrons. The number of anilines is 1. The van der Waals surface area contributed by atoms with E-state index in [4.69, 9.17) is 32.4 Å². The van der Waals surface area contributed by atoms with Crippen molar-refractivity contribution in [3.63, 3.8) is 0 Å². The summed E-state index contributed by atoms with van der Waals surface area (Å²) in [5.41, 5.74) is 0.939. The zero-order valence-corrected chi connectivity index (χ0v) is 26.1. The molecule has 0 aliphatic carbocycles. The van der Waals surface area contributed by atoms with Crippen LogP contribution in [0.15, 0.2) is 55.1 Å². The topological polar surface area (TPSA) is 107 Å². The molecular formula is C28H33Cl2N7O3Si. The van der Waals surface area contributed by atoms with E-state index in [1.165, 1.54) is 11.0 Å². The molecule has 1 aliphatic rings. The summed E-state index contributed by atoms with van der Waals surface area (Å²) >= 11 is 12.9. The quantitative estimate of drug-likeness (QED) is 0.243. The number of fused-ring (bicyclic) bond motifs is 1. The molecular weight excluding hydrogens is 581 g/mol. The molecule has 0 saturated carbocycles. The lowest BCUT2D eigenvalue weighted by Crippen LogP contribution is -2.60. The van der Waals surface area contributed by atoms with Crippen LogP contribution >= 0.6 is 23.2 Å². The second-order valence-corrected chi connectivity index (χ2v) is 17.1. The number of nitrogens with one attached hydrogen (secondary N) is 1. The zero-order chi connectivity index (χ0) is 29.4. The molecule has 0 unspecified atom stereocenters. The van der Waals surface area contributed by atoms with E-state index in [0.717, 1.165) is 0 Å². The number of benzene rings is 1. The van der Waals surface area contributed by atoms with Gasteiger partial charge in [-0.1, -0.05) is 56.1 Å². The van der Waals surface area contributed by atoms with Crippen LogP contribution in [0.5, 0.6) is 5.88 Å². The molecule has 5 rings (SSSR count). The first kappa shape index (κ1) is 29.4. The Morgan fingerprint density at radius 2 is 1.83 bits per heavy atom. The maximum atomic E-state index is 13.5. The van der Waals surface area contributed by atoms with E-state index in [1.54, 1.807) is 48.8 Å². The minimum atomic E-state index is -1.90. The molecule has 41 heavy (non-hydrogen) atoms. The summed E-state index contributed by atoms with van der Waals surface area (Å²) in [5, 5.41) is 8.78. The Hall–Kier alpha value is -3.09. The van der Waals surface area contributed by atoms with Crippen LogP contribution in [-0.4, -0.2) is 75.7 Å². The summed E-state index contributed by atoms with van der Waals surface area (Å²) in [6.45, 7) is 12.9. The van der Waals surface area contributed by atoms with Gasteiger partial charge in [0.2, 0.25) is 5.88 Å². The number of carbonyl (C=O) groups is 1. The molecule has 0 spiro atoms. The Balaban J connectivity index is 1.37. The lowest BCUT2D eigenvalue weighted by molar-refractivity contribution is -0.125. The largest absolute Gasteiger partial charge is 0.462 e. The van der Waals surface area contributed by atoms with E-state index in [-0.39, 0.29) is 22.9 Å². The van der Waals surface area contributed by atoms with Crippen molar-refractivity contribution in [1.82, 2.24) is 29.6 Å². The number of nitrogens with zero attached hydrogens (tertiary/aromatic N) is 6. The van der Waals surface area contributed by atoms with Crippen molar-refractivity contribution < 1.29 is 14.0 Å². The number of rotatable bonds is 9. The molecule has 0 bridgehead atoms. The number of ether oxygens (including phenoxy) is 1. The molecule has 0 radical (unpaired) electrons. The normalized spacial score (nSPS) is 15.5. The first-order valence-electron chi connectivity index (χ1n) is 13.3. The number of carbonyl (C=O) groups excluding carboxylic acids is 1. The van der Waals surface area contributed by atoms with Gasteiger partial charge in [-0.3, -0.25) is 9.69 Å². The Morgan fingerprint density at radius 3 is 2.49 bits per heavy atom. The third-order valence-electron chi connectivity index (χ3n) is 7.56. The minimum Gasteiger partial charge on any atom is -0.462 e. The molecule has 4 heterocycles. The van der Waals surface area contributed by atoms with Gasteiger partial charge in [0, 0.05) is 25.8 Å². The number of pyridine rings is 1. The number of para-hydroxylation sites is 1. The smallest absolute Gasteiger partial charge is 0.268 e. The highest BCUT2D eigenvalue weighted by Gasteiger charge is 2.42. The number of aromatic nitrogens is 5. The standard InChI is InChI=1S/C28H33Cl2N7O3Si/c1-28(2,3)41(4,5)40-18-14-36(15-18)16-22(26(38)35-23-11-6-7-12-31-23)39-27-19-13-34-37(25(19)32-17-33-27)24-20(29)9-8-10-21(24)30/h6-13,17-18,22H,14-16H2,1-5H3,(H,31,35,38)/t22-/m0/s1. The second-order valence-electron chi connectivity index (χ2n) is 11.6. The number of halogens is 2. The molecule has 10 nitrogen and oxygen atoms in total. The van der Waals surface area contributed by atoms with Gasteiger partial charge in [-0.05, 0) is 42.4 Å². The number of amides is 1. The highest BCUT2D eigenvalue weighted by molar-refractivity contribution is 6.74. The summed E-state index contributed by atoms with van der Waals surface area (Å²) < 4.78 is 14.4. The van der Waals surface area contributed by atoms with E-state index in [1.807, 2.05) is 0 Å². The predicted molar refractivity (Wildman–Crippen MR) is 162 cm³/mol. The first-order chi connectivity index (χ1) is 19.4. The van der Waals surface area contributed by atoms with Crippen LogP contribution in [0.3, 0.4) is 0 Å². The van der Waals surface area contributed by atoms with Crippen LogP contribution in [0.2, 0.25) is 28.2 Å². The predicted octanol–water partition coefficient (Wildman–Crippen LogP) is 5.61. The van der Waals surface area contributed by atoms with Gasteiger partial charge in [-0.2, -0.15) is 5.10 Å². The SMILES string of the molecule is CC(C)(C)[Si](C)(C)OC1CN(C[C@H](Oc2ncnc3c2cnn3-c2c(Cl)cccc2Cl)C(=O)Nc2ccccn2)C1. The maximum absolute atomic E-state index is 13.5. The first-order valence-corrected chi connectivity index (χ1v) is 17.0. The van der Waals surface area contributed by atoms with Crippen LogP contribution in [0.4, 0.5) is 5.82 Å². The van der Waals surface area contributed by atoms with E-state index in [0.29, 0.717) is 52.2 Å². The van der Waals surface area contributed by atoms with Crippen LogP contribution in [0.25, 0.3) is 16.7 Å². The van der Waals surface area contributed by atoms with Crippen molar-refractivity contribution in [3.8, 4) is 11.6 Å². The molecule has 13 heteroatoms. The lowest BCUT2D eigenvalue weighted by atomic mass is 10.1. The molecule has 1 saturated heterocycles. The van der Waals surface area contributed by atoms with Crippen molar-refractivity contribution in [1.29, 1.82) is 0 Å². The molecule has 1 atom stereocenters. The van der Waals surface area contributed by atoms with Crippen LogP contribution in [-0.2, 0) is 9.22 Å². The van der Waals surface area contributed by atoms with Gasteiger partial charge in [0.25, 0.3) is 5.91 Å². The minimum absolute atomic E-state index is 0.124. The van der Waals surface area contributed by atoms with E-state index in [2.05, 4.69) is 64.1 Å². The molecule has 1 N–H and O–H groups in total. The summed E-state index contributed by atoms with van der Waals surface area (Å²) in [4.78, 5) is 28.6. The zero-order valence-electron chi connectivity index (χ0n) is 23.6. The maximum Gasteiger partial charge on any atom is 0.268 e. The van der Waals surface area contributed by atoms with Crippen molar-refractivity contribution in [3.05, 3.63) is 65.2 Å². The Morgan fingerprint density at radius 1 is 1.10 bits per heavy atom. The van der Waals surface area contributed by atoms with Gasteiger partial charge in [-0.25, -0.2) is 19.6 Å².